The minimum absolute atomic E-state index is 0. The number of benzene rings is 1. The van der Waals surface area contributed by atoms with E-state index in [1.165, 1.54) is 5.56 Å². The third-order valence-corrected chi connectivity index (χ3v) is 3.67. The zero-order valence-electron chi connectivity index (χ0n) is 12.1. The number of hydrogen-bond acceptors (Lipinski definition) is 3. The number of nitrogens with zero attached hydrogens (tertiary/aromatic N) is 1. The van der Waals surface area contributed by atoms with Gasteiger partial charge in [-0.1, -0.05) is 19.1 Å². The highest BCUT2D eigenvalue weighted by Crippen LogP contribution is 2.13. The first-order valence-electron chi connectivity index (χ1n) is 6.89. The lowest BCUT2D eigenvalue weighted by atomic mass is 10.2. The first kappa shape index (κ1) is 16.8. The summed E-state index contributed by atoms with van der Waals surface area (Å²) >= 11 is 0. The molecule has 1 unspecified atom stereocenters. The summed E-state index contributed by atoms with van der Waals surface area (Å²) < 4.78 is 5.54. The van der Waals surface area contributed by atoms with E-state index in [9.17, 15) is 4.79 Å². The fourth-order valence-electron chi connectivity index (χ4n) is 2.24. The molecule has 5 heteroatoms. The average Bonchev–Trinajstić information content (AvgIpc) is 2.98. The molecule has 1 saturated heterocycles. The summed E-state index contributed by atoms with van der Waals surface area (Å²) in [6, 6.07) is 8.21. The van der Waals surface area contributed by atoms with Crippen molar-refractivity contribution in [1.29, 1.82) is 0 Å². The van der Waals surface area contributed by atoms with E-state index in [4.69, 9.17) is 4.74 Å². The van der Waals surface area contributed by atoms with E-state index in [2.05, 4.69) is 12.2 Å². The first-order valence-corrected chi connectivity index (χ1v) is 6.89. The SMILES string of the molecule is CCc1ccc(OCC(=O)N(C)C2CCNC2)cc1.Cl. The van der Waals surface area contributed by atoms with Gasteiger partial charge in [0.25, 0.3) is 5.91 Å². The Hall–Kier alpha value is -1.26. The van der Waals surface area contributed by atoms with Crippen LogP contribution in [0, 0.1) is 0 Å². The molecule has 1 N–H and O–H groups in total. The topological polar surface area (TPSA) is 41.6 Å². The van der Waals surface area contributed by atoms with Crippen LogP contribution < -0.4 is 10.1 Å². The Labute approximate surface area is 126 Å². The van der Waals surface area contributed by atoms with Gasteiger partial charge in [-0.25, -0.2) is 0 Å². The van der Waals surface area contributed by atoms with Crippen LogP contribution in [0.2, 0.25) is 0 Å². The number of ether oxygens (including phenoxy) is 1. The Bertz CT molecular complexity index is 416. The molecule has 0 radical (unpaired) electrons. The van der Waals surface area contributed by atoms with Gasteiger partial charge < -0.3 is 15.0 Å². The second kappa shape index (κ2) is 8.12. The summed E-state index contributed by atoms with van der Waals surface area (Å²) in [5.41, 5.74) is 1.27. The minimum atomic E-state index is 0. The average molecular weight is 299 g/mol. The molecule has 1 atom stereocenters. The van der Waals surface area contributed by atoms with E-state index in [1.54, 1.807) is 4.90 Å². The Kier molecular flexibility index (Phi) is 6.82. The molecule has 1 amide bonds. The number of carbonyl (C=O) groups excluding carboxylic acids is 1. The molecule has 1 heterocycles. The Morgan fingerprint density at radius 3 is 2.65 bits per heavy atom. The molecule has 112 valence electrons. The third-order valence-electron chi connectivity index (χ3n) is 3.67. The molecule has 0 aromatic heterocycles. The number of hydrogen-bond donors (Lipinski definition) is 1. The largest absolute Gasteiger partial charge is 0.484 e. The molecule has 2 rings (SSSR count). The Morgan fingerprint density at radius 2 is 2.10 bits per heavy atom. The van der Waals surface area contributed by atoms with E-state index in [-0.39, 0.29) is 24.9 Å². The number of aryl methyl sites for hydroxylation is 1. The zero-order chi connectivity index (χ0) is 13.7. The maximum absolute atomic E-state index is 12.0. The second-order valence-electron chi connectivity index (χ2n) is 4.94. The fraction of sp³-hybridized carbons (Fsp3) is 0.533. The van der Waals surface area contributed by atoms with E-state index >= 15 is 0 Å². The summed E-state index contributed by atoms with van der Waals surface area (Å²) in [6.45, 7) is 4.09. The number of likely N-dealkylation sites (N-methyl/N-ethyl adjacent to an activating group) is 1. The van der Waals surface area contributed by atoms with Crippen LogP contribution in [0.3, 0.4) is 0 Å². The molecule has 0 aliphatic carbocycles. The van der Waals surface area contributed by atoms with E-state index < -0.39 is 0 Å². The molecule has 0 bridgehead atoms. The van der Waals surface area contributed by atoms with Crippen molar-refractivity contribution >= 4 is 18.3 Å². The number of halogens is 1. The number of rotatable bonds is 5. The molecule has 1 fully saturated rings. The van der Waals surface area contributed by atoms with Crippen LogP contribution in [0.5, 0.6) is 5.75 Å². The van der Waals surface area contributed by atoms with Crippen LogP contribution in [0.4, 0.5) is 0 Å². The van der Waals surface area contributed by atoms with Crippen LogP contribution in [-0.2, 0) is 11.2 Å². The number of amides is 1. The van der Waals surface area contributed by atoms with Crippen LogP contribution >= 0.6 is 12.4 Å². The van der Waals surface area contributed by atoms with Gasteiger partial charge in [-0.15, -0.1) is 12.4 Å². The Morgan fingerprint density at radius 1 is 1.40 bits per heavy atom. The van der Waals surface area contributed by atoms with Crippen LogP contribution in [0.25, 0.3) is 0 Å². The monoisotopic (exact) mass is 298 g/mol. The van der Waals surface area contributed by atoms with Crippen molar-refractivity contribution in [3.05, 3.63) is 29.8 Å². The molecule has 1 aliphatic heterocycles. The molecule has 1 aromatic rings. The van der Waals surface area contributed by atoms with Crippen LogP contribution in [0.1, 0.15) is 18.9 Å². The lowest BCUT2D eigenvalue weighted by molar-refractivity contribution is -0.133. The van der Waals surface area contributed by atoms with Gasteiger partial charge in [0.15, 0.2) is 6.61 Å². The third kappa shape index (κ3) is 4.39. The van der Waals surface area contributed by atoms with Crippen molar-refractivity contribution < 1.29 is 9.53 Å². The van der Waals surface area contributed by atoms with Crippen molar-refractivity contribution in [1.82, 2.24) is 10.2 Å². The zero-order valence-corrected chi connectivity index (χ0v) is 12.9. The van der Waals surface area contributed by atoms with Gasteiger partial charge in [0.2, 0.25) is 0 Å². The lowest BCUT2D eigenvalue weighted by Gasteiger charge is -2.23. The summed E-state index contributed by atoms with van der Waals surface area (Å²) in [4.78, 5) is 13.8. The van der Waals surface area contributed by atoms with Gasteiger partial charge in [0, 0.05) is 19.6 Å². The van der Waals surface area contributed by atoms with E-state index in [1.807, 2.05) is 31.3 Å². The molecule has 0 saturated carbocycles. The summed E-state index contributed by atoms with van der Waals surface area (Å²) in [5, 5.41) is 3.26. The maximum Gasteiger partial charge on any atom is 0.260 e. The number of carbonyl (C=O) groups is 1. The standard InChI is InChI=1S/C15H22N2O2.ClH/c1-3-12-4-6-14(7-5-12)19-11-15(18)17(2)13-8-9-16-10-13;/h4-7,13,16H,3,8-11H2,1-2H3;1H. The van der Waals surface area contributed by atoms with Crippen LogP contribution in [-0.4, -0.2) is 43.6 Å². The molecule has 4 nitrogen and oxygen atoms in total. The van der Waals surface area contributed by atoms with E-state index in [0.717, 1.165) is 31.7 Å². The summed E-state index contributed by atoms with van der Waals surface area (Å²) in [5.74, 6) is 0.789. The predicted octanol–water partition coefficient (Wildman–Crippen LogP) is 1.87. The summed E-state index contributed by atoms with van der Waals surface area (Å²) in [7, 11) is 1.85. The highest BCUT2D eigenvalue weighted by Gasteiger charge is 2.23. The molecule has 1 aliphatic rings. The minimum Gasteiger partial charge on any atom is -0.484 e. The van der Waals surface area contributed by atoms with Gasteiger partial charge in [0.1, 0.15) is 5.75 Å². The molecular weight excluding hydrogens is 276 g/mol. The highest BCUT2D eigenvalue weighted by atomic mass is 35.5. The fourth-order valence-corrected chi connectivity index (χ4v) is 2.24. The van der Waals surface area contributed by atoms with Crippen molar-refractivity contribution in [2.75, 3.05) is 26.7 Å². The quantitative estimate of drug-likeness (QED) is 0.902. The van der Waals surface area contributed by atoms with Crippen molar-refractivity contribution in [2.24, 2.45) is 0 Å². The van der Waals surface area contributed by atoms with Crippen molar-refractivity contribution in [2.45, 2.75) is 25.8 Å². The van der Waals surface area contributed by atoms with Crippen LogP contribution in [0.15, 0.2) is 24.3 Å². The van der Waals surface area contributed by atoms with Gasteiger partial charge in [-0.05, 0) is 37.1 Å². The van der Waals surface area contributed by atoms with Gasteiger partial charge in [-0.2, -0.15) is 0 Å². The molecule has 1 aromatic carbocycles. The second-order valence-corrected chi connectivity index (χ2v) is 4.94. The van der Waals surface area contributed by atoms with E-state index in [0.29, 0.717) is 6.04 Å². The van der Waals surface area contributed by atoms with Gasteiger partial charge >= 0.3 is 0 Å². The molecular formula is C15H23ClN2O2. The van der Waals surface area contributed by atoms with Gasteiger partial charge in [0.05, 0.1) is 0 Å². The maximum atomic E-state index is 12.0. The highest BCUT2D eigenvalue weighted by molar-refractivity contribution is 5.85. The lowest BCUT2D eigenvalue weighted by Crippen LogP contribution is -2.40. The van der Waals surface area contributed by atoms with Gasteiger partial charge in [-0.3, -0.25) is 4.79 Å². The molecule has 0 spiro atoms. The summed E-state index contributed by atoms with van der Waals surface area (Å²) in [6.07, 6.45) is 2.03. The normalized spacial score (nSPS) is 17.4. The van der Waals surface area contributed by atoms with Crippen molar-refractivity contribution in [3.8, 4) is 5.75 Å². The predicted molar refractivity (Wildman–Crippen MR) is 82.6 cm³/mol. The molecule has 20 heavy (non-hydrogen) atoms. The number of nitrogens with one attached hydrogen (secondary N) is 1. The van der Waals surface area contributed by atoms with Crippen molar-refractivity contribution in [3.63, 3.8) is 0 Å². The smallest absolute Gasteiger partial charge is 0.260 e. The first-order chi connectivity index (χ1) is 9.20. The Balaban J connectivity index is 0.00000200.